The second-order valence-corrected chi connectivity index (χ2v) is 6.48. The van der Waals surface area contributed by atoms with Crippen LogP contribution < -0.4 is 5.32 Å². The molecule has 18 heavy (non-hydrogen) atoms. The zero-order chi connectivity index (χ0) is 12.6. The summed E-state index contributed by atoms with van der Waals surface area (Å²) in [5, 5.41) is 3.37. The topological polar surface area (TPSA) is 12.0 Å². The van der Waals surface area contributed by atoms with Gasteiger partial charge in [-0.3, -0.25) is 0 Å². The molecule has 1 saturated carbocycles. The predicted octanol–water partition coefficient (Wildman–Crippen LogP) is 4.19. The van der Waals surface area contributed by atoms with E-state index in [0.29, 0.717) is 0 Å². The second kappa shape index (κ2) is 7.85. The van der Waals surface area contributed by atoms with Gasteiger partial charge in [0, 0.05) is 4.90 Å². The number of hydrogen-bond acceptors (Lipinski definition) is 2. The van der Waals surface area contributed by atoms with Crippen molar-refractivity contribution in [3.8, 4) is 0 Å². The van der Waals surface area contributed by atoms with Gasteiger partial charge in [-0.1, -0.05) is 37.5 Å². The first-order valence-corrected chi connectivity index (χ1v) is 8.21. The van der Waals surface area contributed by atoms with E-state index < -0.39 is 0 Å². The van der Waals surface area contributed by atoms with Crippen LogP contribution in [-0.4, -0.2) is 19.3 Å². The molecule has 0 bridgehead atoms. The molecule has 1 aliphatic rings. The van der Waals surface area contributed by atoms with Gasteiger partial charge in [-0.25, -0.2) is 0 Å². The number of hydrogen-bond donors (Lipinski definition) is 1. The third-order valence-electron chi connectivity index (χ3n) is 4.03. The lowest BCUT2D eigenvalue weighted by Gasteiger charge is -2.31. The van der Waals surface area contributed by atoms with E-state index in [1.54, 1.807) is 0 Å². The lowest BCUT2D eigenvalue weighted by molar-refractivity contribution is 0.229. The lowest BCUT2D eigenvalue weighted by atomic mass is 9.78. The lowest BCUT2D eigenvalue weighted by Crippen LogP contribution is -2.29. The average molecular weight is 263 g/mol. The highest BCUT2D eigenvalue weighted by Gasteiger charge is 2.23. The summed E-state index contributed by atoms with van der Waals surface area (Å²) in [6.45, 7) is 1.21. The van der Waals surface area contributed by atoms with Crippen LogP contribution >= 0.6 is 11.8 Å². The van der Waals surface area contributed by atoms with Crippen molar-refractivity contribution in [3.63, 3.8) is 0 Å². The van der Waals surface area contributed by atoms with E-state index in [1.165, 1.54) is 49.3 Å². The normalized spacial score (nSPS) is 24.1. The van der Waals surface area contributed by atoms with Gasteiger partial charge in [0.2, 0.25) is 0 Å². The van der Waals surface area contributed by atoms with Crippen molar-refractivity contribution in [2.75, 3.05) is 19.3 Å². The van der Waals surface area contributed by atoms with Crippen LogP contribution in [0.3, 0.4) is 0 Å². The molecule has 0 aliphatic heterocycles. The van der Waals surface area contributed by atoms with Crippen LogP contribution in [0.25, 0.3) is 0 Å². The van der Waals surface area contributed by atoms with Gasteiger partial charge in [-0.2, -0.15) is 0 Å². The fourth-order valence-electron chi connectivity index (χ4n) is 3.04. The molecule has 0 heterocycles. The summed E-state index contributed by atoms with van der Waals surface area (Å²) in [6, 6.07) is 10.8. The minimum Gasteiger partial charge on any atom is -0.319 e. The van der Waals surface area contributed by atoms with Gasteiger partial charge in [0.15, 0.2) is 0 Å². The Hall–Kier alpha value is -0.470. The first kappa shape index (κ1) is 14.0. The summed E-state index contributed by atoms with van der Waals surface area (Å²) in [7, 11) is 2.09. The van der Waals surface area contributed by atoms with Crippen molar-refractivity contribution in [3.05, 3.63) is 30.3 Å². The molecular weight excluding hydrogens is 238 g/mol. The van der Waals surface area contributed by atoms with Crippen molar-refractivity contribution in [1.82, 2.24) is 5.32 Å². The molecule has 1 aromatic rings. The third kappa shape index (κ3) is 4.33. The highest BCUT2D eigenvalue weighted by Crippen LogP contribution is 2.33. The van der Waals surface area contributed by atoms with Crippen LogP contribution in [0, 0.1) is 11.8 Å². The summed E-state index contributed by atoms with van der Waals surface area (Å²) in [6.07, 6.45) is 7.14. The van der Waals surface area contributed by atoms with E-state index in [4.69, 9.17) is 0 Å². The van der Waals surface area contributed by atoms with Gasteiger partial charge in [0.25, 0.3) is 0 Å². The maximum absolute atomic E-state index is 3.37. The van der Waals surface area contributed by atoms with E-state index in [-0.39, 0.29) is 0 Å². The molecule has 0 amide bonds. The number of benzene rings is 1. The Labute approximate surface area is 116 Å². The molecule has 1 N–H and O–H groups in total. The number of thioether (sulfide) groups is 1. The molecular formula is C16H25NS. The van der Waals surface area contributed by atoms with Crippen LogP contribution in [0.4, 0.5) is 0 Å². The summed E-state index contributed by atoms with van der Waals surface area (Å²) in [4.78, 5) is 1.42. The first-order chi connectivity index (χ1) is 8.90. The van der Waals surface area contributed by atoms with Crippen molar-refractivity contribution in [2.24, 2.45) is 11.8 Å². The molecule has 0 aromatic heterocycles. The summed E-state index contributed by atoms with van der Waals surface area (Å²) >= 11 is 2.01. The van der Waals surface area contributed by atoms with Crippen LogP contribution in [0.2, 0.25) is 0 Å². The van der Waals surface area contributed by atoms with Crippen LogP contribution in [0.1, 0.15) is 32.1 Å². The Morgan fingerprint density at radius 3 is 2.56 bits per heavy atom. The van der Waals surface area contributed by atoms with Gasteiger partial charge in [0.05, 0.1) is 0 Å². The molecule has 2 unspecified atom stereocenters. The van der Waals surface area contributed by atoms with E-state index in [0.717, 1.165) is 11.8 Å². The van der Waals surface area contributed by atoms with E-state index in [1.807, 2.05) is 11.8 Å². The van der Waals surface area contributed by atoms with Gasteiger partial charge in [0.1, 0.15) is 0 Å². The molecule has 2 rings (SSSR count). The summed E-state index contributed by atoms with van der Waals surface area (Å²) in [5.41, 5.74) is 0. The Balaban J connectivity index is 1.74. The molecule has 2 heteroatoms. The van der Waals surface area contributed by atoms with Gasteiger partial charge < -0.3 is 5.32 Å². The highest BCUT2D eigenvalue weighted by atomic mass is 32.2. The maximum atomic E-state index is 3.37. The molecule has 0 spiro atoms. The predicted molar refractivity (Wildman–Crippen MR) is 81.2 cm³/mol. The van der Waals surface area contributed by atoms with Crippen LogP contribution in [-0.2, 0) is 0 Å². The summed E-state index contributed by atoms with van der Waals surface area (Å²) < 4.78 is 0. The van der Waals surface area contributed by atoms with Crippen LogP contribution in [0.5, 0.6) is 0 Å². The van der Waals surface area contributed by atoms with E-state index >= 15 is 0 Å². The van der Waals surface area contributed by atoms with Gasteiger partial charge in [-0.05, 0) is 56.2 Å². The number of rotatable bonds is 6. The Morgan fingerprint density at radius 2 is 1.83 bits per heavy atom. The molecule has 0 radical (unpaired) electrons. The van der Waals surface area contributed by atoms with E-state index in [2.05, 4.69) is 42.7 Å². The molecule has 1 aromatic carbocycles. The standard InChI is InChI=1S/C16H25NS/c1-17-13-15-8-6-5-7-14(15)11-12-18-16-9-3-2-4-10-16/h2-4,9-10,14-15,17H,5-8,11-13H2,1H3. The fraction of sp³-hybridized carbons (Fsp3) is 0.625. The smallest absolute Gasteiger partial charge is 0.00719 e. The second-order valence-electron chi connectivity index (χ2n) is 5.31. The molecule has 1 aliphatic carbocycles. The zero-order valence-corrected chi connectivity index (χ0v) is 12.2. The zero-order valence-electron chi connectivity index (χ0n) is 11.4. The highest BCUT2D eigenvalue weighted by molar-refractivity contribution is 7.99. The fourth-order valence-corrected chi connectivity index (χ4v) is 4.05. The van der Waals surface area contributed by atoms with Crippen molar-refractivity contribution >= 4 is 11.8 Å². The first-order valence-electron chi connectivity index (χ1n) is 7.22. The van der Waals surface area contributed by atoms with Crippen LogP contribution in [0.15, 0.2) is 35.2 Å². The molecule has 100 valence electrons. The molecule has 2 atom stereocenters. The van der Waals surface area contributed by atoms with Crippen molar-refractivity contribution < 1.29 is 0 Å². The van der Waals surface area contributed by atoms with Gasteiger partial charge in [-0.15, -0.1) is 11.8 Å². The molecule has 0 saturated heterocycles. The van der Waals surface area contributed by atoms with E-state index in [9.17, 15) is 0 Å². The van der Waals surface area contributed by atoms with Gasteiger partial charge >= 0.3 is 0 Å². The quantitative estimate of drug-likeness (QED) is 0.772. The Kier molecular flexibility index (Phi) is 6.09. The minimum absolute atomic E-state index is 0.917. The largest absolute Gasteiger partial charge is 0.319 e. The van der Waals surface area contributed by atoms with Crippen molar-refractivity contribution in [1.29, 1.82) is 0 Å². The average Bonchev–Trinajstić information content (AvgIpc) is 2.42. The van der Waals surface area contributed by atoms with Crippen molar-refractivity contribution in [2.45, 2.75) is 37.0 Å². The molecule has 1 nitrogen and oxygen atoms in total. The molecule has 1 fully saturated rings. The Bertz CT molecular complexity index is 323. The SMILES string of the molecule is CNCC1CCCCC1CCSc1ccccc1. The summed E-state index contributed by atoms with van der Waals surface area (Å²) in [5.74, 6) is 3.14. The third-order valence-corrected chi connectivity index (χ3v) is 5.08. The minimum atomic E-state index is 0.917. The maximum Gasteiger partial charge on any atom is 0.00719 e. The Morgan fingerprint density at radius 1 is 1.11 bits per heavy atom. The number of nitrogens with one attached hydrogen (secondary N) is 1. The monoisotopic (exact) mass is 263 g/mol.